The van der Waals surface area contributed by atoms with Gasteiger partial charge in [-0.25, -0.2) is 22.9 Å². The highest BCUT2D eigenvalue weighted by Crippen LogP contribution is 2.36. The Balaban J connectivity index is 0.000000566. The zero-order valence-corrected chi connectivity index (χ0v) is 25.5. The molecular weight excluding hydrogens is 648 g/mol. The molecule has 5 rings (SSSR count). The largest absolute Gasteiger partial charge is 0.490 e. The summed E-state index contributed by atoms with van der Waals surface area (Å²) in [5, 5.41) is 22.1. The van der Waals surface area contributed by atoms with E-state index in [1.54, 1.807) is 16.9 Å². The number of hydrogen-bond acceptors (Lipinski definition) is 7. The number of aromatic nitrogens is 3. The van der Waals surface area contributed by atoms with Crippen molar-refractivity contribution in [1.82, 2.24) is 19.1 Å². The molecule has 1 saturated heterocycles. The minimum atomic E-state index is -5.08. The summed E-state index contributed by atoms with van der Waals surface area (Å²) in [5.41, 5.74) is 2.69. The monoisotopic (exact) mass is 674 g/mol. The Morgan fingerprint density at radius 3 is 2.41 bits per heavy atom. The fraction of sp³-hybridized carbons (Fsp3) is 0.321. The first-order valence-electron chi connectivity index (χ1n) is 13.1. The van der Waals surface area contributed by atoms with Crippen molar-refractivity contribution in [3.63, 3.8) is 0 Å². The lowest BCUT2D eigenvalue weighted by Gasteiger charge is -2.30. The second-order valence-electron chi connectivity index (χ2n) is 9.85. The third kappa shape index (κ3) is 7.44. The number of aryl methyl sites for hydroxylation is 1. The van der Waals surface area contributed by atoms with Crippen molar-refractivity contribution in [2.24, 2.45) is 5.92 Å². The van der Waals surface area contributed by atoms with Crippen LogP contribution >= 0.6 is 23.2 Å². The van der Waals surface area contributed by atoms with Crippen LogP contribution in [0.25, 0.3) is 16.6 Å². The van der Waals surface area contributed by atoms with Crippen LogP contribution in [0.1, 0.15) is 24.1 Å². The Morgan fingerprint density at radius 2 is 1.82 bits per heavy atom. The van der Waals surface area contributed by atoms with Crippen LogP contribution in [0.5, 0.6) is 5.75 Å². The van der Waals surface area contributed by atoms with Gasteiger partial charge < -0.3 is 14.9 Å². The SMILES string of the molecule is Cc1cc(-n2cccn2)c2cccc(OCc3c(Cl)ccc(S(=O)(=O)N4CCC(CO)CC4)c3Cl)c2n1.O=C(O)C(F)(F)F. The molecule has 2 aromatic heterocycles. The molecule has 0 aliphatic carbocycles. The van der Waals surface area contributed by atoms with Gasteiger partial charge in [-0.1, -0.05) is 35.3 Å². The van der Waals surface area contributed by atoms with E-state index < -0.39 is 22.2 Å². The zero-order chi connectivity index (χ0) is 32.2. The lowest BCUT2D eigenvalue weighted by Crippen LogP contribution is -2.39. The molecule has 0 amide bonds. The summed E-state index contributed by atoms with van der Waals surface area (Å²) in [6.07, 6.45) is -0.308. The zero-order valence-electron chi connectivity index (χ0n) is 23.1. The molecule has 0 bridgehead atoms. The maximum Gasteiger partial charge on any atom is 0.490 e. The molecule has 0 spiro atoms. The summed E-state index contributed by atoms with van der Waals surface area (Å²) < 4.78 is 67.8. The third-order valence-corrected chi connectivity index (χ3v) is 9.71. The highest BCUT2D eigenvalue weighted by Gasteiger charge is 2.38. The predicted octanol–water partition coefficient (Wildman–Crippen LogP) is 5.64. The predicted molar refractivity (Wildman–Crippen MR) is 157 cm³/mol. The highest BCUT2D eigenvalue weighted by atomic mass is 35.5. The number of aliphatic hydroxyl groups is 1. The van der Waals surface area contributed by atoms with Gasteiger partial charge in [-0.2, -0.15) is 22.6 Å². The van der Waals surface area contributed by atoms with Crippen molar-refractivity contribution < 1.29 is 41.3 Å². The number of piperidine rings is 1. The summed E-state index contributed by atoms with van der Waals surface area (Å²) in [4.78, 5) is 13.6. The summed E-state index contributed by atoms with van der Waals surface area (Å²) >= 11 is 13.1. The number of aliphatic carboxylic acids is 1. The molecule has 0 atom stereocenters. The number of benzene rings is 2. The molecular formula is C28H27Cl2F3N4O6S. The van der Waals surface area contributed by atoms with Crippen LogP contribution in [-0.2, 0) is 21.4 Å². The van der Waals surface area contributed by atoms with Gasteiger partial charge in [0.25, 0.3) is 0 Å². The van der Waals surface area contributed by atoms with E-state index in [9.17, 15) is 26.7 Å². The number of aliphatic hydroxyl groups excluding tert-OH is 1. The Kier molecular flexibility index (Phi) is 10.4. The molecule has 2 N–H and O–H groups in total. The highest BCUT2D eigenvalue weighted by molar-refractivity contribution is 7.89. The first-order chi connectivity index (χ1) is 20.7. The molecule has 44 heavy (non-hydrogen) atoms. The number of carbonyl (C=O) groups is 1. The Hall–Kier alpha value is -3.43. The lowest BCUT2D eigenvalue weighted by atomic mass is 10.00. The van der Waals surface area contributed by atoms with Crippen LogP contribution in [0, 0.1) is 12.8 Å². The number of ether oxygens (including phenoxy) is 1. The number of sulfonamides is 1. The first kappa shape index (κ1) is 33.5. The van der Waals surface area contributed by atoms with Crippen molar-refractivity contribution >= 4 is 50.1 Å². The summed E-state index contributed by atoms with van der Waals surface area (Å²) in [7, 11) is -3.83. The molecule has 1 fully saturated rings. The standard InChI is InChI=1S/C26H26Cl2N4O4S.C2HF3O2/c1-17-14-22(32-11-3-10-29-32)19-4-2-5-23(26(19)30-17)36-16-20-21(27)6-7-24(25(20)28)37(34,35)31-12-8-18(15-33)9-13-31;3-2(4,5)1(6)7/h2-7,10-11,14,18,33H,8-9,12-13,15-16H2,1H3;(H,6,7). The van der Waals surface area contributed by atoms with Gasteiger partial charge in [-0.3, -0.25) is 0 Å². The molecule has 1 aliphatic heterocycles. The van der Waals surface area contributed by atoms with Crippen molar-refractivity contribution in [3.05, 3.63) is 76.2 Å². The van der Waals surface area contributed by atoms with Gasteiger partial charge in [-0.05, 0) is 56.0 Å². The minimum absolute atomic E-state index is 0.00697. The van der Waals surface area contributed by atoms with Gasteiger partial charge in [0.05, 0.1) is 10.7 Å². The number of nitrogens with zero attached hydrogens (tertiary/aromatic N) is 4. The number of para-hydroxylation sites is 1. The van der Waals surface area contributed by atoms with E-state index in [-0.39, 0.29) is 29.0 Å². The second-order valence-corrected chi connectivity index (χ2v) is 12.5. The van der Waals surface area contributed by atoms with E-state index in [4.69, 9.17) is 37.8 Å². The summed E-state index contributed by atoms with van der Waals surface area (Å²) in [6.45, 7) is 2.58. The van der Waals surface area contributed by atoms with Crippen LogP contribution in [0.2, 0.25) is 10.0 Å². The molecule has 3 heterocycles. The van der Waals surface area contributed by atoms with Gasteiger partial charge in [0.2, 0.25) is 10.0 Å². The number of rotatable bonds is 7. The van der Waals surface area contributed by atoms with E-state index in [1.807, 2.05) is 37.4 Å². The number of carboxylic acid groups (broad SMARTS) is 1. The third-order valence-electron chi connectivity index (χ3n) is 6.87. The van der Waals surface area contributed by atoms with Gasteiger partial charge in [0, 0.05) is 53.8 Å². The van der Waals surface area contributed by atoms with E-state index in [2.05, 4.69) is 10.1 Å². The van der Waals surface area contributed by atoms with E-state index in [0.29, 0.717) is 47.8 Å². The van der Waals surface area contributed by atoms with Gasteiger partial charge >= 0.3 is 12.1 Å². The fourth-order valence-corrected chi connectivity index (χ4v) is 6.91. The van der Waals surface area contributed by atoms with Crippen LogP contribution in [-0.4, -0.2) is 69.5 Å². The van der Waals surface area contributed by atoms with E-state index in [0.717, 1.165) is 16.8 Å². The maximum atomic E-state index is 13.4. The molecule has 2 aromatic carbocycles. The van der Waals surface area contributed by atoms with Gasteiger partial charge in [0.15, 0.2) is 0 Å². The summed E-state index contributed by atoms with van der Waals surface area (Å²) in [5.74, 6) is -2.13. The van der Waals surface area contributed by atoms with Gasteiger partial charge in [0.1, 0.15) is 22.8 Å². The molecule has 0 unspecified atom stereocenters. The topological polar surface area (TPSA) is 135 Å². The number of pyridine rings is 1. The number of carboxylic acids is 1. The van der Waals surface area contributed by atoms with Gasteiger partial charge in [-0.15, -0.1) is 0 Å². The van der Waals surface area contributed by atoms with E-state index in [1.165, 1.54) is 16.4 Å². The van der Waals surface area contributed by atoms with Crippen LogP contribution < -0.4 is 4.74 Å². The number of alkyl halides is 3. The lowest BCUT2D eigenvalue weighted by molar-refractivity contribution is -0.192. The number of fused-ring (bicyclic) bond motifs is 1. The average Bonchev–Trinajstić information content (AvgIpc) is 3.51. The van der Waals surface area contributed by atoms with E-state index >= 15 is 0 Å². The summed E-state index contributed by atoms with van der Waals surface area (Å²) in [6, 6.07) is 12.4. The smallest absolute Gasteiger partial charge is 0.487 e. The fourth-order valence-electron chi connectivity index (χ4n) is 4.57. The average molecular weight is 676 g/mol. The Bertz CT molecular complexity index is 1750. The molecule has 4 aromatic rings. The molecule has 236 valence electrons. The van der Waals surface area contributed by atoms with Crippen LogP contribution in [0.4, 0.5) is 13.2 Å². The van der Waals surface area contributed by atoms with Crippen molar-refractivity contribution in [2.75, 3.05) is 19.7 Å². The first-order valence-corrected chi connectivity index (χ1v) is 15.3. The Labute approximate surface area is 260 Å². The van der Waals surface area contributed by atoms with Crippen molar-refractivity contribution in [1.29, 1.82) is 0 Å². The molecule has 10 nitrogen and oxygen atoms in total. The number of hydrogen-bond donors (Lipinski definition) is 2. The normalized spacial score (nSPS) is 14.7. The van der Waals surface area contributed by atoms with Crippen LogP contribution in [0.15, 0.2) is 59.8 Å². The van der Waals surface area contributed by atoms with Crippen molar-refractivity contribution in [2.45, 2.75) is 37.4 Å². The second kappa shape index (κ2) is 13.7. The maximum absolute atomic E-state index is 13.4. The van der Waals surface area contributed by atoms with Crippen LogP contribution in [0.3, 0.4) is 0 Å². The van der Waals surface area contributed by atoms with Crippen molar-refractivity contribution in [3.8, 4) is 11.4 Å². The molecule has 0 radical (unpaired) electrons. The quantitative estimate of drug-likeness (QED) is 0.257. The Morgan fingerprint density at radius 1 is 1.14 bits per heavy atom. The molecule has 16 heteroatoms. The minimum Gasteiger partial charge on any atom is -0.487 e. The molecule has 0 saturated carbocycles. The molecule has 1 aliphatic rings. The number of halogens is 5.